The highest BCUT2D eigenvalue weighted by Gasteiger charge is 2.53. The van der Waals surface area contributed by atoms with Gasteiger partial charge in [-0.15, -0.1) is 11.8 Å². The van der Waals surface area contributed by atoms with Crippen molar-refractivity contribution in [2.24, 2.45) is 5.92 Å². The van der Waals surface area contributed by atoms with Gasteiger partial charge in [-0.25, -0.2) is 24.1 Å². The topological polar surface area (TPSA) is 320 Å². The molecule has 3 fully saturated rings. The minimum absolute atomic E-state index is 0.00415. The van der Waals surface area contributed by atoms with E-state index >= 15 is 0 Å². The Morgan fingerprint density at radius 3 is 2.34 bits per heavy atom. The van der Waals surface area contributed by atoms with E-state index in [1.54, 1.807) is 6.26 Å². The van der Waals surface area contributed by atoms with Gasteiger partial charge in [0.15, 0.2) is 23.0 Å². The van der Waals surface area contributed by atoms with Crippen LogP contribution in [0.1, 0.15) is 18.7 Å². The Labute approximate surface area is 266 Å². The van der Waals surface area contributed by atoms with Gasteiger partial charge in [-0.3, -0.25) is 32.4 Å². The molecule has 4 unspecified atom stereocenters. The van der Waals surface area contributed by atoms with Crippen molar-refractivity contribution in [1.29, 1.82) is 0 Å². The number of fused-ring (bicyclic) bond motifs is 5. The van der Waals surface area contributed by atoms with E-state index in [1.807, 2.05) is 0 Å². The largest absolute Gasteiger partial charge is 0.472 e. The first-order valence-corrected chi connectivity index (χ1v) is 18.1. The molecule has 1 aliphatic carbocycles. The summed E-state index contributed by atoms with van der Waals surface area (Å²) in [5.41, 5.74) is 11.3. The predicted molar refractivity (Wildman–Crippen MR) is 158 cm³/mol. The summed E-state index contributed by atoms with van der Waals surface area (Å²) >= 11 is 1.25. The zero-order chi connectivity index (χ0) is 33.4. The molecular weight excluding hydrogens is 690 g/mol. The van der Waals surface area contributed by atoms with E-state index in [0.29, 0.717) is 10.5 Å². The van der Waals surface area contributed by atoms with Gasteiger partial charge >= 0.3 is 15.6 Å². The lowest BCUT2D eigenvalue weighted by Gasteiger charge is -2.26. The second kappa shape index (κ2) is 11.8. The molecule has 6 heterocycles. The van der Waals surface area contributed by atoms with Gasteiger partial charge in [0, 0.05) is 5.92 Å². The van der Waals surface area contributed by atoms with Crippen LogP contribution in [0.4, 0.5) is 11.9 Å². The standard InChI is InChI=1S/C22H28N10O12P2S/c1-47-19-11-17(28-22(24)30-19)32(6-26-11)20-13(34)15-9(42-20)4-41-46(38,39)43-14-8(2-7(12(14)33)3-40-45(36,37)44-15)31-5-25-10-16(31)27-21(23)29-18(10)35/h5-9,12-15,20,33-34H,2-4H2,1H3,(H,36,37)(H,38,39)(H2,24,28,30)(H3,23,27,29,35)/t7-,8-,9-,12?,13+,14-,15?,20-/m1/s1. The number of aliphatic hydroxyl groups is 2. The molecule has 10 atom stereocenters. The van der Waals surface area contributed by atoms with Crippen molar-refractivity contribution in [1.82, 2.24) is 39.0 Å². The van der Waals surface area contributed by atoms with Crippen molar-refractivity contribution >= 4 is 61.6 Å². The molecule has 1 saturated carbocycles. The summed E-state index contributed by atoms with van der Waals surface area (Å²) in [6.45, 7) is -1.40. The lowest BCUT2D eigenvalue weighted by molar-refractivity contribution is -0.0552. The molecule has 47 heavy (non-hydrogen) atoms. The molecule has 22 nitrogen and oxygen atoms in total. The maximum Gasteiger partial charge on any atom is 0.472 e. The summed E-state index contributed by atoms with van der Waals surface area (Å²) in [5.74, 6) is -1.30. The minimum Gasteiger partial charge on any atom is -0.390 e. The number of aliphatic hydroxyl groups excluding tert-OH is 2. The molecule has 0 amide bonds. The second-order valence-electron chi connectivity index (χ2n) is 11.0. The number of nitrogens with two attached hydrogens (primary N) is 2. The molecule has 25 heteroatoms. The summed E-state index contributed by atoms with van der Waals surface area (Å²) in [5, 5.41) is 22.9. The molecule has 3 aliphatic rings. The average molecular weight is 719 g/mol. The molecule has 2 aliphatic heterocycles. The number of thioether (sulfide) groups is 1. The van der Waals surface area contributed by atoms with Crippen molar-refractivity contribution in [3.05, 3.63) is 23.0 Å². The Hall–Kier alpha value is -3.05. The van der Waals surface area contributed by atoms with E-state index in [2.05, 4.69) is 29.9 Å². The summed E-state index contributed by atoms with van der Waals surface area (Å²) in [4.78, 5) is 56.9. The number of phosphoric ester groups is 2. The van der Waals surface area contributed by atoms with Crippen LogP contribution in [-0.2, 0) is 32.0 Å². The number of aromatic nitrogens is 8. The average Bonchev–Trinajstić information content (AvgIpc) is 3.75. The molecule has 7 rings (SSSR count). The summed E-state index contributed by atoms with van der Waals surface area (Å²) < 4.78 is 56.4. The number of aromatic amines is 1. The van der Waals surface area contributed by atoms with E-state index in [4.69, 9.17) is 34.3 Å². The molecule has 254 valence electrons. The fraction of sp³-hybridized carbons (Fsp3) is 0.545. The van der Waals surface area contributed by atoms with Gasteiger partial charge in [0.05, 0.1) is 38.0 Å². The normalized spacial score (nSPS) is 36.6. The molecule has 4 aromatic rings. The fourth-order valence-corrected chi connectivity index (χ4v) is 8.51. The van der Waals surface area contributed by atoms with Gasteiger partial charge in [0.25, 0.3) is 5.56 Å². The monoisotopic (exact) mass is 718 g/mol. The Bertz CT molecular complexity index is 2010. The Morgan fingerprint density at radius 1 is 0.936 bits per heavy atom. The zero-order valence-corrected chi connectivity index (χ0v) is 26.6. The van der Waals surface area contributed by atoms with Crippen molar-refractivity contribution in [2.45, 2.75) is 54.2 Å². The van der Waals surface area contributed by atoms with Crippen molar-refractivity contribution in [2.75, 3.05) is 30.9 Å². The van der Waals surface area contributed by atoms with Crippen molar-refractivity contribution in [3.63, 3.8) is 0 Å². The first-order valence-electron chi connectivity index (χ1n) is 13.8. The van der Waals surface area contributed by atoms with E-state index in [1.165, 1.54) is 33.6 Å². The number of nitrogens with zero attached hydrogens (tertiary/aromatic N) is 7. The third kappa shape index (κ3) is 5.85. The summed E-state index contributed by atoms with van der Waals surface area (Å²) in [7, 11) is -10.0. The molecular formula is C22H28N10O12P2S. The molecule has 0 spiro atoms. The lowest BCUT2D eigenvalue weighted by atomic mass is 10.1. The van der Waals surface area contributed by atoms with Gasteiger partial charge in [-0.05, 0) is 12.7 Å². The first kappa shape index (κ1) is 32.5. The van der Waals surface area contributed by atoms with Crippen LogP contribution in [0, 0.1) is 5.92 Å². The van der Waals surface area contributed by atoms with Gasteiger partial charge in [0.2, 0.25) is 11.9 Å². The van der Waals surface area contributed by atoms with Crippen LogP contribution < -0.4 is 17.0 Å². The Balaban J connectivity index is 1.21. The second-order valence-corrected chi connectivity index (χ2v) is 14.6. The highest BCUT2D eigenvalue weighted by molar-refractivity contribution is 7.98. The number of ether oxygens (including phenoxy) is 1. The lowest BCUT2D eigenvalue weighted by Crippen LogP contribution is -2.36. The van der Waals surface area contributed by atoms with Crippen LogP contribution in [0.25, 0.3) is 22.3 Å². The smallest absolute Gasteiger partial charge is 0.390 e. The summed E-state index contributed by atoms with van der Waals surface area (Å²) in [6, 6.07) is -1.000. The number of nitrogens with one attached hydrogen (secondary N) is 1. The van der Waals surface area contributed by atoms with E-state index in [9.17, 15) is 33.9 Å². The number of hydrogen-bond donors (Lipinski definition) is 7. The van der Waals surface area contributed by atoms with Crippen LogP contribution in [0.5, 0.6) is 0 Å². The SMILES string of the molecule is CSc1nc(N)nc2c1ncn2[C@@H]1O[C@@H]2COP(=O)(O)O[C@H]3C(O)[C@@H](COP(=O)(O)OC2[C@@H]1O)C[C@H]3n1cnc2c(=O)[nH]c(N)nc21. The fourth-order valence-electron chi connectivity index (χ4n) is 6.01. The van der Waals surface area contributed by atoms with Crippen LogP contribution >= 0.6 is 27.4 Å². The van der Waals surface area contributed by atoms with Crippen molar-refractivity contribution < 1.29 is 52.0 Å². The molecule has 2 saturated heterocycles. The van der Waals surface area contributed by atoms with Gasteiger partial charge in [0.1, 0.15) is 35.0 Å². The van der Waals surface area contributed by atoms with Gasteiger partial charge in [-0.2, -0.15) is 9.97 Å². The van der Waals surface area contributed by atoms with Crippen LogP contribution in [0.2, 0.25) is 0 Å². The highest BCUT2D eigenvalue weighted by Crippen LogP contribution is 2.55. The number of rotatable bonds is 3. The Morgan fingerprint density at radius 2 is 1.60 bits per heavy atom. The third-order valence-corrected chi connectivity index (χ3v) is 10.7. The minimum atomic E-state index is -5.05. The number of nitrogen functional groups attached to an aromatic ring is 2. The molecule has 2 bridgehead atoms. The maximum absolute atomic E-state index is 13.3. The van der Waals surface area contributed by atoms with Crippen molar-refractivity contribution in [3.8, 4) is 0 Å². The van der Waals surface area contributed by atoms with Gasteiger partial charge < -0.3 is 40.8 Å². The van der Waals surface area contributed by atoms with E-state index in [0.717, 1.165) is 0 Å². The van der Waals surface area contributed by atoms with E-state index < -0.39 is 83.1 Å². The van der Waals surface area contributed by atoms with Crippen LogP contribution in [-0.4, -0.2) is 109 Å². The van der Waals surface area contributed by atoms with Crippen LogP contribution in [0.3, 0.4) is 0 Å². The summed E-state index contributed by atoms with van der Waals surface area (Å²) in [6.07, 6.45) is -4.99. The first-order chi connectivity index (χ1) is 22.2. The Kier molecular flexibility index (Phi) is 8.18. The van der Waals surface area contributed by atoms with E-state index in [-0.39, 0.29) is 35.1 Å². The third-order valence-electron chi connectivity index (χ3n) is 8.10. The van der Waals surface area contributed by atoms with Gasteiger partial charge in [-0.1, -0.05) is 0 Å². The molecule has 0 radical (unpaired) electrons. The number of phosphoric acid groups is 2. The molecule has 9 N–H and O–H groups in total. The quantitative estimate of drug-likeness (QED) is 0.0762. The number of imidazole rings is 2. The molecule has 0 aromatic carbocycles. The number of H-pyrrole nitrogens is 1. The molecule has 4 aromatic heterocycles. The predicted octanol–water partition coefficient (Wildman–Crippen LogP) is -0.956. The number of hydrogen-bond acceptors (Lipinski definition) is 18. The van der Waals surface area contributed by atoms with Crippen LogP contribution in [0.15, 0.2) is 22.5 Å². The zero-order valence-electron chi connectivity index (χ0n) is 24.0. The highest BCUT2D eigenvalue weighted by atomic mass is 32.2. The maximum atomic E-state index is 13.3. The number of anilines is 2.